The van der Waals surface area contributed by atoms with Crippen LogP contribution in [0.4, 0.5) is 0 Å². The topological polar surface area (TPSA) is 83.6 Å². The molecule has 0 aliphatic rings. The highest BCUT2D eigenvalue weighted by Crippen LogP contribution is 2.25. The second kappa shape index (κ2) is 7.36. The molecule has 0 unspecified atom stereocenters. The summed E-state index contributed by atoms with van der Waals surface area (Å²) in [6, 6.07) is 12.3. The average molecular weight is 399 g/mol. The van der Waals surface area contributed by atoms with Gasteiger partial charge in [0.15, 0.2) is 0 Å². The molecule has 8 heteroatoms. The number of rotatable bonds is 5. The van der Waals surface area contributed by atoms with E-state index in [-0.39, 0.29) is 18.7 Å². The molecule has 0 radical (unpaired) electrons. The predicted octanol–water partition coefficient (Wildman–Crippen LogP) is 3.55. The van der Waals surface area contributed by atoms with Gasteiger partial charge in [-0.3, -0.25) is 14.2 Å². The number of fused-ring (bicyclic) bond motifs is 3. The number of benzene rings is 2. The monoisotopic (exact) mass is 398 g/mol. The van der Waals surface area contributed by atoms with Crippen LogP contribution in [-0.2, 0) is 22.7 Å². The quantitative estimate of drug-likeness (QED) is 0.478. The first-order valence-corrected chi connectivity index (χ1v) is 8.79. The molecule has 0 amide bonds. The molecule has 4 aromatic rings. The third kappa shape index (κ3) is 3.32. The zero-order chi connectivity index (χ0) is 19.7. The number of hydrogen-bond donors (Lipinski definition) is 0. The Hall–Kier alpha value is -3.32. The number of halogens is 1. The molecule has 7 nitrogen and oxygen atoms in total. The van der Waals surface area contributed by atoms with Crippen LogP contribution >= 0.6 is 11.6 Å². The maximum atomic E-state index is 12.6. The van der Waals surface area contributed by atoms with E-state index in [9.17, 15) is 9.59 Å². The van der Waals surface area contributed by atoms with Crippen LogP contribution in [0.2, 0.25) is 5.02 Å². The van der Waals surface area contributed by atoms with Crippen LogP contribution in [0.3, 0.4) is 0 Å². The van der Waals surface area contributed by atoms with E-state index < -0.39 is 11.5 Å². The van der Waals surface area contributed by atoms with Crippen LogP contribution in [0.15, 0.2) is 58.0 Å². The Morgan fingerprint density at radius 2 is 2.07 bits per heavy atom. The van der Waals surface area contributed by atoms with E-state index in [1.165, 1.54) is 13.4 Å². The molecule has 142 valence electrons. The number of para-hydroxylation sites is 1. The Morgan fingerprint density at radius 3 is 2.89 bits per heavy atom. The predicted molar refractivity (Wildman–Crippen MR) is 104 cm³/mol. The third-order valence-electron chi connectivity index (χ3n) is 4.28. The number of ether oxygens (including phenoxy) is 2. The number of aromatic nitrogens is 2. The van der Waals surface area contributed by atoms with Gasteiger partial charge in [-0.2, -0.15) is 0 Å². The summed E-state index contributed by atoms with van der Waals surface area (Å²) in [6.07, 6.45) is 1.31. The Morgan fingerprint density at radius 1 is 1.25 bits per heavy atom. The van der Waals surface area contributed by atoms with Crippen molar-refractivity contribution in [2.24, 2.45) is 0 Å². The second-order valence-electron chi connectivity index (χ2n) is 6.07. The fourth-order valence-electron chi connectivity index (χ4n) is 2.93. The van der Waals surface area contributed by atoms with Crippen LogP contribution in [0.5, 0.6) is 5.75 Å². The highest BCUT2D eigenvalue weighted by atomic mass is 35.5. The minimum atomic E-state index is -0.596. The molecule has 2 aromatic heterocycles. The summed E-state index contributed by atoms with van der Waals surface area (Å²) in [4.78, 5) is 29.1. The largest absolute Gasteiger partial charge is 0.496 e. The molecule has 28 heavy (non-hydrogen) atoms. The number of esters is 1. The van der Waals surface area contributed by atoms with E-state index >= 15 is 0 Å². The lowest BCUT2D eigenvalue weighted by Crippen LogP contribution is -2.25. The van der Waals surface area contributed by atoms with Gasteiger partial charge in [0.05, 0.1) is 13.4 Å². The minimum Gasteiger partial charge on any atom is -0.496 e. The molecule has 0 aliphatic heterocycles. The number of methoxy groups -OCH3 is 1. The zero-order valence-corrected chi connectivity index (χ0v) is 15.6. The Kier molecular flexibility index (Phi) is 4.75. The molecular weight excluding hydrogens is 384 g/mol. The van der Waals surface area contributed by atoms with Crippen LogP contribution in [0, 0.1) is 0 Å². The van der Waals surface area contributed by atoms with E-state index in [0.717, 1.165) is 9.95 Å². The van der Waals surface area contributed by atoms with Crippen molar-refractivity contribution >= 4 is 39.6 Å². The van der Waals surface area contributed by atoms with Gasteiger partial charge < -0.3 is 13.9 Å². The molecule has 0 saturated carbocycles. The van der Waals surface area contributed by atoms with Gasteiger partial charge in [-0.1, -0.05) is 23.7 Å². The summed E-state index contributed by atoms with van der Waals surface area (Å²) in [5, 5.41) is 1.25. The van der Waals surface area contributed by atoms with Gasteiger partial charge in [0, 0.05) is 16.0 Å². The van der Waals surface area contributed by atoms with Gasteiger partial charge >= 0.3 is 5.97 Å². The maximum absolute atomic E-state index is 12.6. The third-order valence-corrected chi connectivity index (χ3v) is 4.52. The SMILES string of the molecule is COc1ccc(Cl)cc1COC(=O)Cn1cnc2c(oc3ccccc32)c1=O. The Balaban J connectivity index is 1.54. The standard InChI is InChI=1S/C20H15ClN2O5/c1-26-15-7-6-13(21)8-12(15)10-27-17(24)9-23-11-22-18-14-4-2-3-5-16(14)28-19(18)20(23)25/h2-8,11H,9-10H2,1H3. The van der Waals surface area contributed by atoms with Crippen molar-refractivity contribution in [3.63, 3.8) is 0 Å². The van der Waals surface area contributed by atoms with Crippen molar-refractivity contribution < 1.29 is 18.7 Å². The summed E-state index contributed by atoms with van der Waals surface area (Å²) in [7, 11) is 1.52. The van der Waals surface area contributed by atoms with Gasteiger partial charge in [0.1, 0.15) is 30.0 Å². The van der Waals surface area contributed by atoms with Gasteiger partial charge in [-0.25, -0.2) is 4.98 Å². The fraction of sp³-hybridized carbons (Fsp3) is 0.150. The van der Waals surface area contributed by atoms with Crippen molar-refractivity contribution in [3.05, 3.63) is 69.7 Å². The van der Waals surface area contributed by atoms with Crippen LogP contribution < -0.4 is 10.3 Å². The second-order valence-corrected chi connectivity index (χ2v) is 6.51. The van der Waals surface area contributed by atoms with Gasteiger partial charge in [-0.05, 0) is 30.3 Å². The first-order chi connectivity index (χ1) is 13.6. The summed E-state index contributed by atoms with van der Waals surface area (Å²) >= 11 is 5.97. The maximum Gasteiger partial charge on any atom is 0.326 e. The van der Waals surface area contributed by atoms with Crippen molar-refractivity contribution in [2.45, 2.75) is 13.2 Å². The van der Waals surface area contributed by atoms with Crippen LogP contribution in [-0.4, -0.2) is 22.6 Å². The van der Waals surface area contributed by atoms with Crippen LogP contribution in [0.25, 0.3) is 22.1 Å². The Labute approximate surface area is 164 Å². The number of hydrogen-bond acceptors (Lipinski definition) is 6. The van der Waals surface area contributed by atoms with E-state index in [0.29, 0.717) is 27.4 Å². The normalized spacial score (nSPS) is 11.1. The lowest BCUT2D eigenvalue weighted by Gasteiger charge is -2.10. The molecule has 0 atom stereocenters. The summed E-state index contributed by atoms with van der Waals surface area (Å²) in [6.45, 7) is -0.320. The number of carbonyl (C=O) groups excluding carboxylic acids is 1. The van der Waals surface area contributed by atoms with Crippen molar-refractivity contribution in [3.8, 4) is 5.75 Å². The molecule has 0 saturated heterocycles. The van der Waals surface area contributed by atoms with Gasteiger partial charge in [0.2, 0.25) is 5.58 Å². The number of nitrogens with zero attached hydrogens (tertiary/aromatic N) is 2. The van der Waals surface area contributed by atoms with E-state index in [1.54, 1.807) is 24.3 Å². The molecule has 2 heterocycles. The van der Waals surface area contributed by atoms with Crippen molar-refractivity contribution in [1.29, 1.82) is 0 Å². The van der Waals surface area contributed by atoms with Gasteiger partial charge in [0.25, 0.3) is 5.56 Å². The van der Waals surface area contributed by atoms with Gasteiger partial charge in [-0.15, -0.1) is 0 Å². The Bertz CT molecular complexity index is 1240. The minimum absolute atomic E-state index is 0.0301. The molecule has 0 N–H and O–H groups in total. The summed E-state index contributed by atoms with van der Waals surface area (Å²) in [5.74, 6) is -0.0406. The fourth-order valence-corrected chi connectivity index (χ4v) is 3.13. The van der Waals surface area contributed by atoms with Crippen LogP contribution in [0.1, 0.15) is 5.56 Å². The van der Waals surface area contributed by atoms with Crippen molar-refractivity contribution in [1.82, 2.24) is 9.55 Å². The number of carbonyl (C=O) groups is 1. The lowest BCUT2D eigenvalue weighted by molar-refractivity contribution is -0.145. The van der Waals surface area contributed by atoms with E-state index in [2.05, 4.69) is 4.98 Å². The molecule has 0 aliphatic carbocycles. The molecule has 0 spiro atoms. The summed E-state index contributed by atoms with van der Waals surface area (Å²) < 4.78 is 17.2. The highest BCUT2D eigenvalue weighted by Gasteiger charge is 2.15. The van der Waals surface area contributed by atoms with E-state index in [1.807, 2.05) is 18.2 Å². The molecule has 0 bridgehead atoms. The smallest absolute Gasteiger partial charge is 0.326 e. The van der Waals surface area contributed by atoms with E-state index in [4.69, 9.17) is 25.5 Å². The molecule has 4 rings (SSSR count). The first-order valence-electron chi connectivity index (χ1n) is 8.41. The molecule has 2 aromatic carbocycles. The summed E-state index contributed by atoms with van der Waals surface area (Å²) in [5.41, 5.74) is 1.32. The zero-order valence-electron chi connectivity index (χ0n) is 14.8. The molecular formula is C20H15ClN2O5. The molecule has 0 fully saturated rings. The number of furan rings is 1. The average Bonchev–Trinajstić information content (AvgIpc) is 3.08. The lowest BCUT2D eigenvalue weighted by atomic mass is 10.2. The first kappa shape index (κ1) is 18.1. The van der Waals surface area contributed by atoms with Crippen molar-refractivity contribution in [2.75, 3.05) is 7.11 Å². The highest BCUT2D eigenvalue weighted by molar-refractivity contribution is 6.30.